The van der Waals surface area contributed by atoms with Gasteiger partial charge in [0.1, 0.15) is 0 Å². The van der Waals surface area contributed by atoms with Gasteiger partial charge in [0.05, 0.1) is 16.6 Å². The van der Waals surface area contributed by atoms with Gasteiger partial charge in [-0.2, -0.15) is 0 Å². The van der Waals surface area contributed by atoms with E-state index in [0.717, 1.165) is 6.42 Å². The van der Waals surface area contributed by atoms with Crippen LogP contribution in [0.15, 0.2) is 24.3 Å². The number of carbonyl (C=O) groups is 2. The number of amides is 2. The van der Waals surface area contributed by atoms with Gasteiger partial charge in [0.15, 0.2) is 0 Å². The molecule has 21 heavy (non-hydrogen) atoms. The van der Waals surface area contributed by atoms with Crippen LogP contribution in [-0.2, 0) is 9.59 Å². The van der Waals surface area contributed by atoms with Crippen molar-refractivity contribution in [3.63, 3.8) is 0 Å². The predicted octanol–water partition coefficient (Wildman–Crippen LogP) is 1.55. The Kier molecular flexibility index (Phi) is 5.20. The average Bonchev–Trinajstić information content (AvgIpc) is 2.81. The lowest BCUT2D eigenvalue weighted by Crippen LogP contribution is -2.35. The first kappa shape index (κ1) is 15.8. The summed E-state index contributed by atoms with van der Waals surface area (Å²) >= 11 is 6.11. The SMILES string of the molecule is CC(N)CCNC(=O)C1CC(=O)N(c2ccccc2Cl)C1. The fourth-order valence-corrected chi connectivity index (χ4v) is 2.59. The van der Waals surface area contributed by atoms with Crippen LogP contribution < -0.4 is 16.0 Å². The van der Waals surface area contributed by atoms with Crippen LogP contribution in [0.2, 0.25) is 5.02 Å². The van der Waals surface area contributed by atoms with Gasteiger partial charge in [-0.25, -0.2) is 0 Å². The lowest BCUT2D eigenvalue weighted by Gasteiger charge is -2.18. The van der Waals surface area contributed by atoms with Crippen molar-refractivity contribution in [2.45, 2.75) is 25.8 Å². The van der Waals surface area contributed by atoms with Crippen molar-refractivity contribution >= 4 is 29.1 Å². The number of hydrogen-bond donors (Lipinski definition) is 2. The Hall–Kier alpha value is -1.59. The van der Waals surface area contributed by atoms with Gasteiger partial charge in [-0.15, -0.1) is 0 Å². The Morgan fingerprint density at radius 2 is 2.24 bits per heavy atom. The first-order valence-corrected chi connectivity index (χ1v) is 7.45. The van der Waals surface area contributed by atoms with Crippen LogP contribution in [0.5, 0.6) is 0 Å². The van der Waals surface area contributed by atoms with Crippen LogP contribution in [0.3, 0.4) is 0 Å². The van der Waals surface area contributed by atoms with E-state index in [4.69, 9.17) is 17.3 Å². The molecule has 1 heterocycles. The quantitative estimate of drug-likeness (QED) is 0.866. The molecule has 2 amide bonds. The molecule has 2 rings (SSSR count). The molecular formula is C15H20ClN3O2. The maximum atomic E-state index is 12.1. The molecule has 1 aromatic rings. The third kappa shape index (κ3) is 3.95. The average molecular weight is 310 g/mol. The largest absolute Gasteiger partial charge is 0.356 e. The molecule has 0 aliphatic carbocycles. The van der Waals surface area contributed by atoms with E-state index in [9.17, 15) is 9.59 Å². The summed E-state index contributed by atoms with van der Waals surface area (Å²) in [6.45, 7) is 2.80. The molecule has 1 aliphatic rings. The molecule has 2 unspecified atom stereocenters. The van der Waals surface area contributed by atoms with E-state index >= 15 is 0 Å². The molecule has 5 nitrogen and oxygen atoms in total. The standard InChI is InChI=1S/C15H20ClN3O2/c1-10(17)6-7-18-15(21)11-8-14(20)19(9-11)13-5-3-2-4-12(13)16/h2-5,10-11H,6-9,17H2,1H3,(H,18,21). The molecule has 114 valence electrons. The van der Waals surface area contributed by atoms with Gasteiger partial charge in [-0.1, -0.05) is 23.7 Å². The van der Waals surface area contributed by atoms with Gasteiger partial charge in [0.2, 0.25) is 11.8 Å². The molecule has 2 atom stereocenters. The first-order chi connectivity index (χ1) is 9.99. The number of para-hydroxylation sites is 1. The summed E-state index contributed by atoms with van der Waals surface area (Å²) in [4.78, 5) is 25.7. The van der Waals surface area contributed by atoms with Crippen molar-refractivity contribution in [1.29, 1.82) is 0 Å². The predicted molar refractivity (Wildman–Crippen MR) is 83.2 cm³/mol. The van der Waals surface area contributed by atoms with E-state index in [-0.39, 0.29) is 30.2 Å². The smallest absolute Gasteiger partial charge is 0.227 e. The molecule has 1 aromatic carbocycles. The van der Waals surface area contributed by atoms with E-state index < -0.39 is 0 Å². The molecule has 0 bridgehead atoms. The maximum absolute atomic E-state index is 12.1. The topological polar surface area (TPSA) is 75.4 Å². The van der Waals surface area contributed by atoms with Crippen molar-refractivity contribution < 1.29 is 9.59 Å². The van der Waals surface area contributed by atoms with E-state index in [2.05, 4.69) is 5.32 Å². The van der Waals surface area contributed by atoms with Gasteiger partial charge < -0.3 is 16.0 Å². The second-order valence-corrected chi connectivity index (χ2v) is 5.82. The van der Waals surface area contributed by atoms with Crippen LogP contribution in [0, 0.1) is 5.92 Å². The Morgan fingerprint density at radius 3 is 2.90 bits per heavy atom. The second kappa shape index (κ2) is 6.91. The van der Waals surface area contributed by atoms with E-state index in [1.807, 2.05) is 19.1 Å². The number of halogens is 1. The summed E-state index contributed by atoms with van der Waals surface area (Å²) in [5.74, 6) is -0.504. The number of nitrogens with two attached hydrogens (primary N) is 1. The number of nitrogens with zero attached hydrogens (tertiary/aromatic N) is 1. The van der Waals surface area contributed by atoms with Crippen molar-refractivity contribution in [3.05, 3.63) is 29.3 Å². The Labute approximate surface area is 129 Å². The van der Waals surface area contributed by atoms with E-state index in [1.54, 1.807) is 17.0 Å². The monoisotopic (exact) mass is 309 g/mol. The molecule has 1 aliphatic heterocycles. The molecular weight excluding hydrogens is 290 g/mol. The minimum Gasteiger partial charge on any atom is -0.356 e. The molecule has 3 N–H and O–H groups in total. The zero-order valence-corrected chi connectivity index (χ0v) is 12.8. The minimum absolute atomic E-state index is 0.0510. The molecule has 0 spiro atoms. The third-order valence-electron chi connectivity index (χ3n) is 3.54. The molecule has 0 aromatic heterocycles. The van der Waals surface area contributed by atoms with Crippen LogP contribution in [0.1, 0.15) is 19.8 Å². The van der Waals surface area contributed by atoms with E-state index in [1.165, 1.54) is 0 Å². The van der Waals surface area contributed by atoms with Crippen molar-refractivity contribution in [2.75, 3.05) is 18.0 Å². The first-order valence-electron chi connectivity index (χ1n) is 7.07. The molecule has 1 saturated heterocycles. The van der Waals surface area contributed by atoms with Crippen LogP contribution in [-0.4, -0.2) is 30.9 Å². The summed E-state index contributed by atoms with van der Waals surface area (Å²) in [7, 11) is 0. The summed E-state index contributed by atoms with van der Waals surface area (Å²) < 4.78 is 0. The van der Waals surface area contributed by atoms with Crippen LogP contribution in [0.25, 0.3) is 0 Å². The lowest BCUT2D eigenvalue weighted by atomic mass is 10.1. The Bertz CT molecular complexity index is 533. The molecule has 6 heteroatoms. The molecule has 0 radical (unpaired) electrons. The van der Waals surface area contributed by atoms with Gasteiger partial charge >= 0.3 is 0 Å². The maximum Gasteiger partial charge on any atom is 0.227 e. The zero-order valence-electron chi connectivity index (χ0n) is 12.0. The van der Waals surface area contributed by atoms with Gasteiger partial charge in [-0.3, -0.25) is 9.59 Å². The second-order valence-electron chi connectivity index (χ2n) is 5.41. The molecule has 0 saturated carbocycles. The van der Waals surface area contributed by atoms with E-state index in [0.29, 0.717) is 23.8 Å². The fraction of sp³-hybridized carbons (Fsp3) is 0.467. The van der Waals surface area contributed by atoms with Crippen LogP contribution in [0.4, 0.5) is 5.69 Å². The number of carbonyl (C=O) groups excluding carboxylic acids is 2. The Balaban J connectivity index is 1.96. The third-order valence-corrected chi connectivity index (χ3v) is 3.86. The number of rotatable bonds is 5. The number of hydrogen-bond acceptors (Lipinski definition) is 3. The normalized spacial score (nSPS) is 19.7. The van der Waals surface area contributed by atoms with Gasteiger partial charge in [0.25, 0.3) is 0 Å². The van der Waals surface area contributed by atoms with Crippen molar-refractivity contribution in [3.8, 4) is 0 Å². The highest BCUT2D eigenvalue weighted by atomic mass is 35.5. The number of anilines is 1. The number of benzene rings is 1. The van der Waals surface area contributed by atoms with Crippen LogP contribution >= 0.6 is 11.6 Å². The zero-order chi connectivity index (χ0) is 15.4. The Morgan fingerprint density at radius 1 is 1.52 bits per heavy atom. The lowest BCUT2D eigenvalue weighted by molar-refractivity contribution is -0.126. The summed E-state index contributed by atoms with van der Waals surface area (Å²) in [5.41, 5.74) is 6.30. The minimum atomic E-state index is -0.332. The summed E-state index contributed by atoms with van der Waals surface area (Å²) in [6.07, 6.45) is 0.940. The number of nitrogens with one attached hydrogen (secondary N) is 1. The van der Waals surface area contributed by atoms with Gasteiger partial charge in [-0.05, 0) is 25.5 Å². The van der Waals surface area contributed by atoms with Gasteiger partial charge in [0, 0.05) is 25.6 Å². The highest BCUT2D eigenvalue weighted by molar-refractivity contribution is 6.33. The highest BCUT2D eigenvalue weighted by Gasteiger charge is 2.35. The summed E-state index contributed by atoms with van der Waals surface area (Å²) in [5, 5.41) is 3.35. The summed E-state index contributed by atoms with van der Waals surface area (Å²) in [6, 6.07) is 7.21. The van der Waals surface area contributed by atoms with Crippen molar-refractivity contribution in [1.82, 2.24) is 5.32 Å². The fourth-order valence-electron chi connectivity index (χ4n) is 2.35. The molecule has 1 fully saturated rings. The highest BCUT2D eigenvalue weighted by Crippen LogP contribution is 2.30. The van der Waals surface area contributed by atoms with Crippen molar-refractivity contribution in [2.24, 2.45) is 11.7 Å².